The highest BCUT2D eigenvalue weighted by molar-refractivity contribution is 7.16. The molecule has 1 unspecified atom stereocenters. The molecule has 3 aliphatic rings. The summed E-state index contributed by atoms with van der Waals surface area (Å²) in [4.78, 5) is 33.2. The topological polar surface area (TPSA) is 80.8 Å². The minimum Gasteiger partial charge on any atom is -0.454 e. The number of carbonyl (C=O) groups is 2. The van der Waals surface area contributed by atoms with Crippen LogP contribution in [0.1, 0.15) is 52.5 Å². The molecule has 0 radical (unpaired) electrons. The molecule has 7 nitrogen and oxygen atoms in total. The van der Waals surface area contributed by atoms with E-state index in [0.717, 1.165) is 49.3 Å². The zero-order valence-corrected chi connectivity index (χ0v) is 16.2. The van der Waals surface area contributed by atoms with Gasteiger partial charge in [-0.3, -0.25) is 14.9 Å². The normalized spacial score (nSPS) is 20.1. The average Bonchev–Trinajstić information content (AvgIpc) is 3.43. The first kappa shape index (κ1) is 17.5. The first-order valence-corrected chi connectivity index (χ1v) is 10.5. The molecule has 1 aliphatic carbocycles. The smallest absolute Gasteiger partial charge is 0.257 e. The predicted molar refractivity (Wildman–Crippen MR) is 104 cm³/mol. The minimum absolute atomic E-state index is 0.166. The number of anilines is 1. The van der Waals surface area contributed by atoms with Crippen LogP contribution in [0.3, 0.4) is 0 Å². The molecule has 5 rings (SSSR count). The van der Waals surface area contributed by atoms with E-state index in [9.17, 15) is 9.59 Å². The van der Waals surface area contributed by atoms with Gasteiger partial charge in [0.1, 0.15) is 0 Å². The van der Waals surface area contributed by atoms with E-state index in [4.69, 9.17) is 9.47 Å². The third-order valence-corrected chi connectivity index (χ3v) is 6.59. The summed E-state index contributed by atoms with van der Waals surface area (Å²) < 4.78 is 10.6. The Morgan fingerprint density at radius 3 is 2.82 bits per heavy atom. The minimum atomic E-state index is -0.246. The van der Waals surface area contributed by atoms with Gasteiger partial charge in [-0.2, -0.15) is 0 Å². The van der Waals surface area contributed by atoms with Crippen molar-refractivity contribution in [1.29, 1.82) is 0 Å². The van der Waals surface area contributed by atoms with Gasteiger partial charge in [-0.15, -0.1) is 11.3 Å². The molecule has 1 saturated heterocycles. The van der Waals surface area contributed by atoms with Crippen molar-refractivity contribution in [3.05, 3.63) is 34.3 Å². The zero-order valence-electron chi connectivity index (χ0n) is 15.4. The highest BCUT2D eigenvalue weighted by atomic mass is 32.1. The number of aryl methyl sites for hydroxylation is 1. The highest BCUT2D eigenvalue weighted by Crippen LogP contribution is 2.40. The average molecular weight is 399 g/mol. The van der Waals surface area contributed by atoms with Gasteiger partial charge in [0.15, 0.2) is 16.6 Å². The molecule has 146 valence electrons. The maximum absolute atomic E-state index is 12.9. The maximum Gasteiger partial charge on any atom is 0.257 e. The molecule has 3 heterocycles. The quantitative estimate of drug-likeness (QED) is 0.857. The van der Waals surface area contributed by atoms with Crippen LogP contribution in [0.4, 0.5) is 5.13 Å². The molecule has 0 bridgehead atoms. The Hall–Kier alpha value is -2.61. The molecule has 1 atom stereocenters. The van der Waals surface area contributed by atoms with Crippen molar-refractivity contribution in [1.82, 2.24) is 9.88 Å². The summed E-state index contributed by atoms with van der Waals surface area (Å²) in [5.41, 5.74) is 1.34. The number of nitrogens with one attached hydrogen (secondary N) is 1. The number of hydrogen-bond acceptors (Lipinski definition) is 6. The van der Waals surface area contributed by atoms with Gasteiger partial charge < -0.3 is 14.4 Å². The number of nitrogens with zero attached hydrogens (tertiary/aromatic N) is 2. The van der Waals surface area contributed by atoms with Gasteiger partial charge in [0.25, 0.3) is 5.91 Å². The van der Waals surface area contributed by atoms with Crippen molar-refractivity contribution in [2.75, 3.05) is 25.2 Å². The van der Waals surface area contributed by atoms with Crippen LogP contribution in [0.5, 0.6) is 11.5 Å². The lowest BCUT2D eigenvalue weighted by atomic mass is 10.0. The number of aromatic nitrogens is 1. The van der Waals surface area contributed by atoms with Crippen LogP contribution in [0.15, 0.2) is 18.2 Å². The summed E-state index contributed by atoms with van der Waals surface area (Å²) in [7, 11) is 0. The Labute approximate surface area is 166 Å². The molecule has 1 aromatic carbocycles. The van der Waals surface area contributed by atoms with Gasteiger partial charge in [0.05, 0.1) is 11.6 Å². The summed E-state index contributed by atoms with van der Waals surface area (Å²) in [6, 6.07) is 5.10. The largest absolute Gasteiger partial charge is 0.454 e. The summed E-state index contributed by atoms with van der Waals surface area (Å²) in [6.45, 7) is 1.87. The monoisotopic (exact) mass is 399 g/mol. The van der Waals surface area contributed by atoms with Gasteiger partial charge in [-0.1, -0.05) is 0 Å². The van der Waals surface area contributed by atoms with Crippen LogP contribution >= 0.6 is 11.3 Å². The number of benzene rings is 1. The van der Waals surface area contributed by atoms with E-state index in [1.807, 2.05) is 4.90 Å². The standard InChI is InChI=1S/C20H21N3O4S/c24-18(12-4-6-14-15(10-12)27-11-26-14)22-20-21-17-13(5-7-16(17)28-20)19(25)23-8-2-1-3-9-23/h4,6,10,13H,1-3,5,7-9,11H2,(H,21,22,24). The van der Waals surface area contributed by atoms with Gasteiger partial charge in [-0.05, 0) is 50.3 Å². The van der Waals surface area contributed by atoms with Crippen LogP contribution in [-0.4, -0.2) is 41.6 Å². The van der Waals surface area contributed by atoms with Gasteiger partial charge in [0, 0.05) is 23.5 Å². The Morgan fingerprint density at radius 1 is 1.14 bits per heavy atom. The number of amides is 2. The summed E-state index contributed by atoms with van der Waals surface area (Å²) >= 11 is 1.47. The van der Waals surface area contributed by atoms with Crippen molar-refractivity contribution in [2.24, 2.45) is 0 Å². The fourth-order valence-electron chi connectivity index (χ4n) is 4.06. The van der Waals surface area contributed by atoms with Crippen molar-refractivity contribution in [3.8, 4) is 11.5 Å². The van der Waals surface area contributed by atoms with E-state index < -0.39 is 0 Å². The van der Waals surface area contributed by atoms with Crippen molar-refractivity contribution >= 4 is 28.3 Å². The second-order valence-electron chi connectivity index (χ2n) is 7.33. The Kier molecular flexibility index (Phi) is 4.43. The molecule has 8 heteroatoms. The van der Waals surface area contributed by atoms with E-state index in [0.29, 0.717) is 22.2 Å². The van der Waals surface area contributed by atoms with E-state index >= 15 is 0 Å². The van der Waals surface area contributed by atoms with Crippen molar-refractivity contribution in [2.45, 2.75) is 38.0 Å². The van der Waals surface area contributed by atoms with Crippen LogP contribution in [-0.2, 0) is 11.2 Å². The number of carbonyl (C=O) groups excluding carboxylic acids is 2. The van der Waals surface area contributed by atoms with Crippen LogP contribution in [0, 0.1) is 0 Å². The van der Waals surface area contributed by atoms with E-state index in [2.05, 4.69) is 10.3 Å². The number of rotatable bonds is 3. The molecule has 2 aliphatic heterocycles. The Morgan fingerprint density at radius 2 is 1.96 bits per heavy atom. The number of likely N-dealkylation sites (tertiary alicyclic amines) is 1. The number of hydrogen-bond donors (Lipinski definition) is 1. The lowest BCUT2D eigenvalue weighted by molar-refractivity contribution is -0.133. The molecular weight excluding hydrogens is 378 g/mol. The number of piperidine rings is 1. The predicted octanol–water partition coefficient (Wildman–Crippen LogP) is 3.17. The first-order valence-electron chi connectivity index (χ1n) is 9.68. The molecule has 2 amide bonds. The fourth-order valence-corrected chi connectivity index (χ4v) is 5.10. The summed E-state index contributed by atoms with van der Waals surface area (Å²) in [5, 5.41) is 3.41. The van der Waals surface area contributed by atoms with Gasteiger partial charge in [0.2, 0.25) is 12.7 Å². The van der Waals surface area contributed by atoms with Gasteiger partial charge in [-0.25, -0.2) is 4.98 Å². The number of fused-ring (bicyclic) bond motifs is 2. The molecule has 2 aromatic rings. The third kappa shape index (κ3) is 3.11. The molecule has 1 N–H and O–H groups in total. The van der Waals surface area contributed by atoms with Crippen molar-refractivity contribution < 1.29 is 19.1 Å². The second-order valence-corrected chi connectivity index (χ2v) is 8.41. The highest BCUT2D eigenvalue weighted by Gasteiger charge is 2.35. The molecule has 28 heavy (non-hydrogen) atoms. The molecular formula is C20H21N3O4S. The van der Waals surface area contributed by atoms with Crippen LogP contribution in [0.25, 0.3) is 0 Å². The lowest BCUT2D eigenvalue weighted by Crippen LogP contribution is -2.38. The van der Waals surface area contributed by atoms with Crippen LogP contribution in [0.2, 0.25) is 0 Å². The number of ether oxygens (including phenoxy) is 2. The summed E-state index contributed by atoms with van der Waals surface area (Å²) in [5.74, 6) is 0.993. The molecule has 1 aromatic heterocycles. The summed E-state index contributed by atoms with van der Waals surface area (Å²) in [6.07, 6.45) is 5.03. The Balaban J connectivity index is 1.30. The van der Waals surface area contributed by atoms with Crippen molar-refractivity contribution in [3.63, 3.8) is 0 Å². The second kappa shape index (κ2) is 7.09. The fraction of sp³-hybridized carbons (Fsp3) is 0.450. The van der Waals surface area contributed by atoms with Gasteiger partial charge >= 0.3 is 0 Å². The Bertz CT molecular complexity index is 936. The SMILES string of the molecule is O=C(Nc1nc2c(s1)CCC2C(=O)N1CCCCC1)c1ccc2c(c1)OCO2. The van der Waals surface area contributed by atoms with E-state index in [1.54, 1.807) is 18.2 Å². The lowest BCUT2D eigenvalue weighted by Gasteiger charge is -2.29. The molecule has 1 fully saturated rings. The number of thiazole rings is 1. The van der Waals surface area contributed by atoms with E-state index in [-0.39, 0.29) is 24.5 Å². The van der Waals surface area contributed by atoms with E-state index in [1.165, 1.54) is 17.8 Å². The van der Waals surface area contributed by atoms with Crippen LogP contribution < -0.4 is 14.8 Å². The molecule has 0 saturated carbocycles. The third-order valence-electron chi connectivity index (χ3n) is 5.54. The molecule has 0 spiro atoms. The zero-order chi connectivity index (χ0) is 19.1. The first-order chi connectivity index (χ1) is 13.7. The maximum atomic E-state index is 12.9.